The summed E-state index contributed by atoms with van der Waals surface area (Å²) in [6.45, 7) is 0. The van der Waals surface area contributed by atoms with E-state index in [-0.39, 0.29) is 5.56 Å². The van der Waals surface area contributed by atoms with Crippen LogP contribution in [0.5, 0.6) is 11.5 Å². The Morgan fingerprint density at radius 2 is 1.86 bits per heavy atom. The van der Waals surface area contributed by atoms with Crippen LogP contribution in [0.4, 0.5) is 0 Å². The molecule has 21 heavy (non-hydrogen) atoms. The summed E-state index contributed by atoms with van der Waals surface area (Å²) in [5.74, 6) is 1.20. The first-order chi connectivity index (χ1) is 10.2. The molecule has 0 unspecified atom stereocenters. The first kappa shape index (κ1) is 13.2. The zero-order valence-electron chi connectivity index (χ0n) is 11.7. The Balaban J connectivity index is 2.21. The van der Waals surface area contributed by atoms with Gasteiger partial charge in [0.25, 0.3) is 5.56 Å². The number of benzene rings is 1. The predicted molar refractivity (Wildman–Crippen MR) is 80.0 cm³/mol. The van der Waals surface area contributed by atoms with Gasteiger partial charge in [-0.2, -0.15) is 0 Å². The summed E-state index contributed by atoms with van der Waals surface area (Å²) in [6, 6.07) is 10.8. The van der Waals surface area contributed by atoms with Crippen molar-refractivity contribution in [3.63, 3.8) is 0 Å². The number of pyridine rings is 1. The van der Waals surface area contributed by atoms with Gasteiger partial charge >= 0.3 is 0 Å². The first-order valence-corrected chi connectivity index (χ1v) is 6.43. The number of nitrogens with zero attached hydrogens (tertiary/aromatic N) is 2. The molecule has 2 aromatic heterocycles. The van der Waals surface area contributed by atoms with Crippen molar-refractivity contribution in [1.82, 2.24) is 9.38 Å². The van der Waals surface area contributed by atoms with Crippen molar-refractivity contribution in [1.29, 1.82) is 0 Å². The second-order valence-electron chi connectivity index (χ2n) is 4.48. The number of fused-ring (bicyclic) bond motifs is 1. The molecular weight excluding hydrogens is 268 g/mol. The maximum atomic E-state index is 12.5. The molecule has 0 atom stereocenters. The van der Waals surface area contributed by atoms with Crippen molar-refractivity contribution in [2.45, 2.75) is 0 Å². The molecule has 3 rings (SSSR count). The number of hydrogen-bond donors (Lipinski definition) is 0. The summed E-state index contributed by atoms with van der Waals surface area (Å²) in [6.07, 6.45) is 3.29. The molecule has 5 heteroatoms. The fourth-order valence-electron chi connectivity index (χ4n) is 2.23. The van der Waals surface area contributed by atoms with Gasteiger partial charge in [0, 0.05) is 12.4 Å². The van der Waals surface area contributed by atoms with Crippen LogP contribution in [0.1, 0.15) is 0 Å². The molecule has 0 N–H and O–H groups in total. The lowest BCUT2D eigenvalue weighted by molar-refractivity contribution is 0.355. The van der Waals surface area contributed by atoms with Gasteiger partial charge in [0.1, 0.15) is 5.65 Å². The smallest absolute Gasteiger partial charge is 0.265 e. The third-order valence-corrected chi connectivity index (χ3v) is 3.31. The number of hydrogen-bond acceptors (Lipinski definition) is 4. The van der Waals surface area contributed by atoms with E-state index in [1.165, 1.54) is 4.40 Å². The minimum Gasteiger partial charge on any atom is -0.493 e. The molecule has 0 radical (unpaired) electrons. The Labute approximate surface area is 121 Å². The molecule has 5 nitrogen and oxygen atoms in total. The molecular formula is C16H14N2O3. The molecule has 0 aliphatic rings. The molecule has 0 aliphatic carbocycles. The molecule has 0 fully saturated rings. The fourth-order valence-corrected chi connectivity index (χ4v) is 2.23. The van der Waals surface area contributed by atoms with E-state index in [1.807, 2.05) is 12.1 Å². The van der Waals surface area contributed by atoms with E-state index in [0.29, 0.717) is 22.7 Å². The van der Waals surface area contributed by atoms with Crippen LogP contribution in [-0.4, -0.2) is 23.6 Å². The second kappa shape index (κ2) is 5.28. The quantitative estimate of drug-likeness (QED) is 0.740. The maximum Gasteiger partial charge on any atom is 0.265 e. The van der Waals surface area contributed by atoms with E-state index in [1.54, 1.807) is 50.9 Å². The fraction of sp³-hybridized carbons (Fsp3) is 0.125. The Morgan fingerprint density at radius 1 is 1.05 bits per heavy atom. The summed E-state index contributed by atoms with van der Waals surface area (Å²) >= 11 is 0. The molecule has 0 saturated heterocycles. The molecule has 106 valence electrons. The van der Waals surface area contributed by atoms with E-state index in [4.69, 9.17) is 9.47 Å². The molecule has 0 bridgehead atoms. The van der Waals surface area contributed by atoms with Gasteiger partial charge in [0.2, 0.25) is 0 Å². The normalized spacial score (nSPS) is 10.6. The zero-order valence-corrected chi connectivity index (χ0v) is 11.7. The molecule has 0 amide bonds. The van der Waals surface area contributed by atoms with Gasteiger partial charge in [0.15, 0.2) is 11.5 Å². The monoisotopic (exact) mass is 282 g/mol. The maximum absolute atomic E-state index is 12.5. The van der Waals surface area contributed by atoms with E-state index in [0.717, 1.165) is 5.56 Å². The highest BCUT2D eigenvalue weighted by Gasteiger charge is 2.10. The Hall–Kier alpha value is -2.82. The van der Waals surface area contributed by atoms with Crippen molar-refractivity contribution in [2.24, 2.45) is 0 Å². The van der Waals surface area contributed by atoms with Gasteiger partial charge in [-0.25, -0.2) is 4.98 Å². The molecule has 0 saturated carbocycles. The predicted octanol–water partition coefficient (Wildman–Crippen LogP) is 2.38. The summed E-state index contributed by atoms with van der Waals surface area (Å²) in [5, 5.41) is 0. The van der Waals surface area contributed by atoms with Crippen LogP contribution in [0, 0.1) is 0 Å². The van der Waals surface area contributed by atoms with Crippen molar-refractivity contribution in [3.05, 3.63) is 59.1 Å². The lowest BCUT2D eigenvalue weighted by Gasteiger charge is -2.09. The molecule has 2 heterocycles. The summed E-state index contributed by atoms with van der Waals surface area (Å²) in [4.78, 5) is 16.8. The van der Waals surface area contributed by atoms with Gasteiger partial charge in [-0.05, 0) is 29.8 Å². The highest BCUT2D eigenvalue weighted by atomic mass is 16.5. The summed E-state index contributed by atoms with van der Waals surface area (Å²) < 4.78 is 12.0. The molecule has 0 aliphatic heterocycles. The summed E-state index contributed by atoms with van der Waals surface area (Å²) in [7, 11) is 3.14. The Bertz CT molecular complexity index is 856. The highest BCUT2D eigenvalue weighted by molar-refractivity contribution is 5.66. The number of aromatic nitrogens is 2. The van der Waals surface area contributed by atoms with Crippen LogP contribution >= 0.6 is 0 Å². The minimum atomic E-state index is -0.118. The van der Waals surface area contributed by atoms with Crippen LogP contribution in [0.15, 0.2) is 53.6 Å². The number of rotatable bonds is 3. The Morgan fingerprint density at radius 3 is 2.62 bits per heavy atom. The SMILES string of the molecule is COc1ccc(-c2cnc3ccccn3c2=O)cc1OC. The standard InChI is InChI=1S/C16H14N2O3/c1-20-13-7-6-11(9-14(13)21-2)12-10-17-15-5-3-4-8-18(15)16(12)19/h3-10H,1-2H3. The Kier molecular flexibility index (Phi) is 3.31. The minimum absolute atomic E-state index is 0.118. The van der Waals surface area contributed by atoms with Gasteiger partial charge < -0.3 is 9.47 Å². The van der Waals surface area contributed by atoms with Crippen molar-refractivity contribution in [2.75, 3.05) is 14.2 Å². The first-order valence-electron chi connectivity index (χ1n) is 6.43. The molecule has 0 spiro atoms. The van der Waals surface area contributed by atoms with Gasteiger partial charge in [-0.15, -0.1) is 0 Å². The van der Waals surface area contributed by atoms with Crippen molar-refractivity contribution in [3.8, 4) is 22.6 Å². The van der Waals surface area contributed by atoms with Gasteiger partial charge in [-0.3, -0.25) is 9.20 Å². The highest BCUT2D eigenvalue weighted by Crippen LogP contribution is 2.30. The lowest BCUT2D eigenvalue weighted by Crippen LogP contribution is -2.16. The third kappa shape index (κ3) is 2.23. The second-order valence-corrected chi connectivity index (χ2v) is 4.48. The average molecular weight is 282 g/mol. The molecule has 1 aromatic carbocycles. The lowest BCUT2D eigenvalue weighted by atomic mass is 10.1. The third-order valence-electron chi connectivity index (χ3n) is 3.31. The largest absolute Gasteiger partial charge is 0.493 e. The molecule has 3 aromatic rings. The van der Waals surface area contributed by atoms with Crippen LogP contribution in [-0.2, 0) is 0 Å². The average Bonchev–Trinajstić information content (AvgIpc) is 2.55. The van der Waals surface area contributed by atoms with E-state index < -0.39 is 0 Å². The zero-order chi connectivity index (χ0) is 14.8. The van der Waals surface area contributed by atoms with E-state index >= 15 is 0 Å². The van der Waals surface area contributed by atoms with Crippen LogP contribution in [0.2, 0.25) is 0 Å². The number of methoxy groups -OCH3 is 2. The van der Waals surface area contributed by atoms with Crippen LogP contribution in [0.25, 0.3) is 16.8 Å². The van der Waals surface area contributed by atoms with Crippen LogP contribution < -0.4 is 15.0 Å². The summed E-state index contributed by atoms with van der Waals surface area (Å²) in [5.41, 5.74) is 1.75. The van der Waals surface area contributed by atoms with Gasteiger partial charge in [0.05, 0.1) is 19.8 Å². The van der Waals surface area contributed by atoms with Crippen molar-refractivity contribution < 1.29 is 9.47 Å². The van der Waals surface area contributed by atoms with Gasteiger partial charge in [-0.1, -0.05) is 12.1 Å². The number of ether oxygens (including phenoxy) is 2. The van der Waals surface area contributed by atoms with E-state index in [9.17, 15) is 4.79 Å². The van der Waals surface area contributed by atoms with Crippen LogP contribution in [0.3, 0.4) is 0 Å². The topological polar surface area (TPSA) is 52.8 Å². The van der Waals surface area contributed by atoms with E-state index in [2.05, 4.69) is 4.98 Å². The van der Waals surface area contributed by atoms with Crippen molar-refractivity contribution >= 4 is 5.65 Å².